The fourth-order valence-corrected chi connectivity index (χ4v) is 0.901. The van der Waals surface area contributed by atoms with E-state index in [-0.39, 0.29) is 0 Å². The van der Waals surface area contributed by atoms with Crippen LogP contribution in [0.5, 0.6) is 0 Å². The standard InChI is InChI=1S/C13H20/c1-5-6-10-13(4)11-8-7-9-12(2)3/h5-10,13H,1,11H2,2-4H3/b8-7-,10-6-. The molecule has 0 spiro atoms. The largest absolute Gasteiger partial charge is 0.0991 e. The summed E-state index contributed by atoms with van der Waals surface area (Å²) in [6.45, 7) is 10.0. The fraction of sp³-hybridized carbons (Fsp3) is 0.385. The van der Waals surface area contributed by atoms with Crippen LogP contribution in [0.3, 0.4) is 0 Å². The van der Waals surface area contributed by atoms with E-state index >= 15 is 0 Å². The molecule has 0 aliphatic carbocycles. The van der Waals surface area contributed by atoms with Crippen molar-refractivity contribution in [1.82, 2.24) is 0 Å². The number of hydrogen-bond donors (Lipinski definition) is 0. The van der Waals surface area contributed by atoms with Crippen molar-refractivity contribution in [1.29, 1.82) is 0 Å². The van der Waals surface area contributed by atoms with Gasteiger partial charge in [0.2, 0.25) is 0 Å². The molecule has 1 atom stereocenters. The van der Waals surface area contributed by atoms with Crippen LogP contribution in [-0.4, -0.2) is 0 Å². The van der Waals surface area contributed by atoms with Crippen LogP contribution in [0.1, 0.15) is 27.2 Å². The second-order valence-electron chi connectivity index (χ2n) is 3.51. The summed E-state index contributed by atoms with van der Waals surface area (Å²) >= 11 is 0. The van der Waals surface area contributed by atoms with Crippen molar-refractivity contribution < 1.29 is 0 Å². The van der Waals surface area contributed by atoms with Crippen LogP contribution in [0.15, 0.2) is 48.6 Å². The summed E-state index contributed by atoms with van der Waals surface area (Å²) in [6, 6.07) is 0. The molecule has 0 heteroatoms. The third-order valence-electron chi connectivity index (χ3n) is 1.65. The first-order chi connectivity index (χ1) is 6.16. The molecule has 0 fully saturated rings. The first kappa shape index (κ1) is 12.0. The Morgan fingerprint density at radius 3 is 2.54 bits per heavy atom. The number of hydrogen-bond acceptors (Lipinski definition) is 0. The summed E-state index contributed by atoms with van der Waals surface area (Å²) in [7, 11) is 0. The summed E-state index contributed by atoms with van der Waals surface area (Å²) in [5.74, 6) is 0.597. The van der Waals surface area contributed by atoms with Gasteiger partial charge in [-0.3, -0.25) is 0 Å². The topological polar surface area (TPSA) is 0 Å². The van der Waals surface area contributed by atoms with E-state index in [0.29, 0.717) is 5.92 Å². The van der Waals surface area contributed by atoms with Gasteiger partial charge in [-0.25, -0.2) is 0 Å². The number of rotatable bonds is 5. The molecule has 0 saturated heterocycles. The molecule has 0 aromatic heterocycles. The van der Waals surface area contributed by atoms with Crippen molar-refractivity contribution in [3.63, 3.8) is 0 Å². The minimum atomic E-state index is 0.597. The molecule has 0 amide bonds. The van der Waals surface area contributed by atoms with Gasteiger partial charge in [0, 0.05) is 0 Å². The fourth-order valence-electron chi connectivity index (χ4n) is 0.901. The molecule has 0 aliphatic heterocycles. The van der Waals surface area contributed by atoms with Crippen LogP contribution in [0, 0.1) is 5.92 Å². The normalized spacial score (nSPS) is 13.5. The van der Waals surface area contributed by atoms with Gasteiger partial charge in [0.15, 0.2) is 0 Å². The molecule has 0 rings (SSSR count). The molecule has 1 unspecified atom stereocenters. The lowest BCUT2D eigenvalue weighted by Crippen LogP contribution is -1.84. The molecule has 0 saturated carbocycles. The maximum absolute atomic E-state index is 3.64. The SMILES string of the molecule is C=C/C=C\C(C)C/C=C\C=C(C)C. The lowest BCUT2D eigenvalue weighted by molar-refractivity contribution is 0.744. The highest BCUT2D eigenvalue weighted by Crippen LogP contribution is 2.04. The van der Waals surface area contributed by atoms with Crippen LogP contribution in [0.25, 0.3) is 0 Å². The molecule has 0 aromatic rings. The van der Waals surface area contributed by atoms with E-state index in [2.05, 4.69) is 51.7 Å². The van der Waals surface area contributed by atoms with Gasteiger partial charge in [0.25, 0.3) is 0 Å². The monoisotopic (exact) mass is 176 g/mol. The van der Waals surface area contributed by atoms with Gasteiger partial charge in [0.05, 0.1) is 0 Å². The maximum Gasteiger partial charge on any atom is -0.0224 e. The Morgan fingerprint density at radius 2 is 2.00 bits per heavy atom. The highest BCUT2D eigenvalue weighted by atomic mass is 14.0. The lowest BCUT2D eigenvalue weighted by atomic mass is 10.1. The van der Waals surface area contributed by atoms with Gasteiger partial charge in [-0.05, 0) is 26.2 Å². The first-order valence-electron chi connectivity index (χ1n) is 4.76. The highest BCUT2D eigenvalue weighted by molar-refractivity contribution is 5.09. The van der Waals surface area contributed by atoms with E-state index in [1.807, 2.05) is 12.2 Å². The summed E-state index contributed by atoms with van der Waals surface area (Å²) in [6.07, 6.45) is 13.5. The molecule has 0 bridgehead atoms. The summed E-state index contributed by atoms with van der Waals surface area (Å²) < 4.78 is 0. The Kier molecular flexibility index (Phi) is 6.99. The molecular formula is C13H20. The predicted molar refractivity (Wildman–Crippen MR) is 61.7 cm³/mol. The maximum atomic E-state index is 3.64. The van der Waals surface area contributed by atoms with Gasteiger partial charge < -0.3 is 0 Å². The minimum absolute atomic E-state index is 0.597. The van der Waals surface area contributed by atoms with Gasteiger partial charge in [0.1, 0.15) is 0 Å². The van der Waals surface area contributed by atoms with E-state index < -0.39 is 0 Å². The average molecular weight is 176 g/mol. The van der Waals surface area contributed by atoms with E-state index in [4.69, 9.17) is 0 Å². The van der Waals surface area contributed by atoms with E-state index in [1.165, 1.54) is 5.57 Å². The minimum Gasteiger partial charge on any atom is -0.0991 e. The van der Waals surface area contributed by atoms with Gasteiger partial charge >= 0.3 is 0 Å². The van der Waals surface area contributed by atoms with Crippen molar-refractivity contribution in [2.75, 3.05) is 0 Å². The first-order valence-corrected chi connectivity index (χ1v) is 4.76. The zero-order chi connectivity index (χ0) is 10.1. The molecule has 72 valence electrons. The van der Waals surface area contributed by atoms with E-state index in [9.17, 15) is 0 Å². The number of allylic oxidation sites excluding steroid dienone is 7. The van der Waals surface area contributed by atoms with Crippen LogP contribution >= 0.6 is 0 Å². The van der Waals surface area contributed by atoms with Crippen molar-refractivity contribution in [3.8, 4) is 0 Å². The van der Waals surface area contributed by atoms with Crippen molar-refractivity contribution in [2.24, 2.45) is 5.92 Å². The summed E-state index contributed by atoms with van der Waals surface area (Å²) in [5, 5.41) is 0. The second kappa shape index (κ2) is 7.60. The lowest BCUT2D eigenvalue weighted by Gasteiger charge is -1.98. The smallest absolute Gasteiger partial charge is 0.0224 e. The molecule has 0 radical (unpaired) electrons. The molecule has 13 heavy (non-hydrogen) atoms. The molecule has 0 heterocycles. The molecular weight excluding hydrogens is 156 g/mol. The van der Waals surface area contributed by atoms with Crippen molar-refractivity contribution in [2.45, 2.75) is 27.2 Å². The van der Waals surface area contributed by atoms with E-state index in [1.54, 1.807) is 0 Å². The average Bonchev–Trinajstić information content (AvgIpc) is 2.08. The second-order valence-corrected chi connectivity index (χ2v) is 3.51. The Hall–Kier alpha value is -1.04. The molecule has 0 aliphatic rings. The summed E-state index contributed by atoms with van der Waals surface area (Å²) in [5.41, 5.74) is 1.34. The van der Waals surface area contributed by atoms with Gasteiger partial charge in [-0.15, -0.1) is 0 Å². The quantitative estimate of drug-likeness (QED) is 0.548. The van der Waals surface area contributed by atoms with Crippen LogP contribution in [-0.2, 0) is 0 Å². The van der Waals surface area contributed by atoms with Crippen molar-refractivity contribution in [3.05, 3.63) is 48.6 Å². The third kappa shape index (κ3) is 8.87. The Morgan fingerprint density at radius 1 is 1.31 bits per heavy atom. The predicted octanol–water partition coefficient (Wildman–Crippen LogP) is 4.28. The highest BCUT2D eigenvalue weighted by Gasteiger charge is 1.90. The Balaban J connectivity index is 3.75. The molecule has 0 aromatic carbocycles. The van der Waals surface area contributed by atoms with Crippen molar-refractivity contribution >= 4 is 0 Å². The summed E-state index contributed by atoms with van der Waals surface area (Å²) in [4.78, 5) is 0. The van der Waals surface area contributed by atoms with Gasteiger partial charge in [-0.2, -0.15) is 0 Å². The third-order valence-corrected chi connectivity index (χ3v) is 1.65. The molecule has 0 nitrogen and oxygen atoms in total. The van der Waals surface area contributed by atoms with Crippen LogP contribution in [0.4, 0.5) is 0 Å². The van der Waals surface area contributed by atoms with Crippen LogP contribution in [0.2, 0.25) is 0 Å². The van der Waals surface area contributed by atoms with Crippen LogP contribution < -0.4 is 0 Å². The zero-order valence-corrected chi connectivity index (χ0v) is 8.96. The van der Waals surface area contributed by atoms with E-state index in [0.717, 1.165) is 6.42 Å². The van der Waals surface area contributed by atoms with Gasteiger partial charge in [-0.1, -0.05) is 55.5 Å². The zero-order valence-electron chi connectivity index (χ0n) is 8.96. The Labute approximate surface area is 82.4 Å². The Bertz CT molecular complexity index is 212. The molecule has 0 N–H and O–H groups in total.